The molecule has 2 fully saturated rings. The van der Waals surface area contributed by atoms with Crippen LogP contribution in [0.25, 0.3) is 0 Å². The van der Waals surface area contributed by atoms with Gasteiger partial charge in [-0.1, -0.05) is 22.8 Å². The van der Waals surface area contributed by atoms with Crippen molar-refractivity contribution in [2.24, 2.45) is 0 Å². The monoisotopic (exact) mass is 362 g/mol. The minimum Gasteiger partial charge on any atom is -0.508 e. The maximum absolute atomic E-state index is 12.9. The van der Waals surface area contributed by atoms with Gasteiger partial charge in [-0.25, -0.2) is 0 Å². The van der Waals surface area contributed by atoms with Gasteiger partial charge in [-0.2, -0.15) is 5.21 Å². The number of hydrogen-bond donors (Lipinski definition) is 3. The summed E-state index contributed by atoms with van der Waals surface area (Å²) in [4.78, 5) is 14.9. The lowest BCUT2D eigenvalue weighted by Crippen LogP contribution is -2.50. The van der Waals surface area contributed by atoms with Gasteiger partial charge in [0.25, 0.3) is 5.95 Å². The number of anilines is 1. The zero-order valence-corrected chi connectivity index (χ0v) is 14.3. The average Bonchev–Trinajstić information content (AvgIpc) is 3.20. The number of H-pyrrole nitrogens is 1. The third kappa shape index (κ3) is 3.02. The maximum Gasteiger partial charge on any atom is 0.265 e. The largest absolute Gasteiger partial charge is 0.508 e. The molecule has 2 aliphatic rings. The summed E-state index contributed by atoms with van der Waals surface area (Å²) in [7, 11) is 0. The van der Waals surface area contributed by atoms with Crippen LogP contribution in [0, 0.1) is 0 Å². The van der Waals surface area contributed by atoms with Crippen LogP contribution in [-0.2, 0) is 10.2 Å². The number of aromatic hydroxyl groups is 1. The number of halogens is 1. The zero-order chi connectivity index (χ0) is 17.4. The van der Waals surface area contributed by atoms with Gasteiger partial charge in [0, 0.05) is 29.7 Å². The number of hydrogen-bond acceptors (Lipinski definition) is 6. The number of aromatic amines is 1. The minimum absolute atomic E-state index is 0.0201. The molecule has 3 N–H and O–H groups in total. The number of nitrogens with one attached hydrogen (secondary N) is 2. The molecule has 1 amide bonds. The van der Waals surface area contributed by atoms with Crippen LogP contribution >= 0.6 is 11.6 Å². The molecule has 0 spiro atoms. The lowest BCUT2D eigenvalue weighted by atomic mass is 9.93. The second-order valence-corrected chi connectivity index (χ2v) is 7.15. The molecule has 1 saturated heterocycles. The van der Waals surface area contributed by atoms with Crippen LogP contribution in [-0.4, -0.2) is 50.8 Å². The van der Waals surface area contributed by atoms with Crippen molar-refractivity contribution in [3.8, 4) is 5.75 Å². The average molecular weight is 363 g/mol. The lowest BCUT2D eigenvalue weighted by Gasteiger charge is -2.33. The summed E-state index contributed by atoms with van der Waals surface area (Å²) in [6, 6.07) is 4.97. The molecular weight excluding hydrogens is 344 g/mol. The first-order valence-corrected chi connectivity index (χ1v) is 8.75. The lowest BCUT2D eigenvalue weighted by molar-refractivity contribution is -0.124. The fourth-order valence-corrected chi connectivity index (χ4v) is 3.71. The van der Waals surface area contributed by atoms with E-state index in [4.69, 9.17) is 11.6 Å². The molecule has 132 valence electrons. The van der Waals surface area contributed by atoms with E-state index in [1.165, 1.54) is 6.07 Å². The highest BCUT2D eigenvalue weighted by Crippen LogP contribution is 2.51. The number of tetrazole rings is 1. The van der Waals surface area contributed by atoms with Crippen LogP contribution in [0.3, 0.4) is 0 Å². The Hall–Kier alpha value is -2.35. The molecule has 1 aromatic heterocycles. The minimum atomic E-state index is -0.636. The number of carbonyl (C=O) groups excluding carboxylic acids is 1. The Morgan fingerprint density at radius 2 is 2.28 bits per heavy atom. The SMILES string of the molecule is O=C(N[C@@H]1CCCN(c2nn[nH]n2)C1)C1(c2ccc(Cl)cc2O)CC1. The predicted molar refractivity (Wildman–Crippen MR) is 91.6 cm³/mol. The molecule has 4 rings (SSSR count). The van der Waals surface area contributed by atoms with Crippen LogP contribution in [0.4, 0.5) is 5.95 Å². The molecule has 25 heavy (non-hydrogen) atoms. The van der Waals surface area contributed by atoms with Crippen molar-refractivity contribution in [3.63, 3.8) is 0 Å². The molecule has 0 bridgehead atoms. The van der Waals surface area contributed by atoms with Gasteiger partial charge < -0.3 is 15.3 Å². The molecule has 1 saturated carbocycles. The molecule has 1 aliphatic heterocycles. The zero-order valence-electron chi connectivity index (χ0n) is 13.6. The quantitative estimate of drug-likeness (QED) is 0.758. The van der Waals surface area contributed by atoms with Gasteiger partial charge in [-0.3, -0.25) is 4.79 Å². The molecule has 1 aliphatic carbocycles. The fraction of sp³-hybridized carbons (Fsp3) is 0.500. The third-order valence-electron chi connectivity index (χ3n) is 5.03. The van der Waals surface area contributed by atoms with Crippen molar-refractivity contribution < 1.29 is 9.90 Å². The number of carbonyl (C=O) groups is 1. The van der Waals surface area contributed by atoms with E-state index in [0.29, 0.717) is 23.1 Å². The second kappa shape index (κ2) is 6.18. The Morgan fingerprint density at radius 1 is 1.44 bits per heavy atom. The first-order valence-electron chi connectivity index (χ1n) is 8.37. The first-order chi connectivity index (χ1) is 12.1. The predicted octanol–water partition coefficient (Wildman–Crippen LogP) is 1.38. The summed E-state index contributed by atoms with van der Waals surface area (Å²) in [5.74, 6) is 0.595. The topological polar surface area (TPSA) is 107 Å². The van der Waals surface area contributed by atoms with Crippen molar-refractivity contribution in [3.05, 3.63) is 28.8 Å². The van der Waals surface area contributed by atoms with Crippen LogP contribution in [0.1, 0.15) is 31.2 Å². The normalized spacial score (nSPS) is 21.8. The number of phenolic OH excluding ortho intramolecular Hbond substituents is 1. The molecule has 9 heteroatoms. The molecular formula is C16H19ClN6O2. The van der Waals surface area contributed by atoms with Crippen LogP contribution in [0.2, 0.25) is 5.02 Å². The summed E-state index contributed by atoms with van der Waals surface area (Å²) in [6.45, 7) is 1.49. The molecule has 0 radical (unpaired) electrons. The van der Waals surface area contributed by atoms with Crippen LogP contribution < -0.4 is 10.2 Å². The third-order valence-corrected chi connectivity index (χ3v) is 5.27. The molecule has 2 aromatic rings. The summed E-state index contributed by atoms with van der Waals surface area (Å²) in [5.41, 5.74) is 0.0172. The van der Waals surface area contributed by atoms with E-state index in [-0.39, 0.29) is 17.7 Å². The van der Waals surface area contributed by atoms with E-state index in [1.54, 1.807) is 12.1 Å². The summed E-state index contributed by atoms with van der Waals surface area (Å²) in [6.07, 6.45) is 3.31. The van der Waals surface area contributed by atoms with Gasteiger partial charge in [0.15, 0.2) is 0 Å². The van der Waals surface area contributed by atoms with Gasteiger partial charge in [0.05, 0.1) is 5.41 Å². The Morgan fingerprint density at radius 3 is 2.96 bits per heavy atom. The Kier molecular flexibility index (Phi) is 3.99. The Balaban J connectivity index is 1.46. The molecule has 2 heterocycles. The van der Waals surface area contributed by atoms with Crippen molar-refractivity contribution >= 4 is 23.5 Å². The molecule has 8 nitrogen and oxygen atoms in total. The molecule has 0 unspecified atom stereocenters. The standard InChI is InChI=1S/C16H19ClN6O2/c17-10-3-4-12(13(24)8-10)16(5-6-16)14(25)18-11-2-1-7-23(9-11)15-19-21-22-20-15/h3-4,8,11,24H,1-2,5-7,9H2,(H,18,25)(H,19,20,21,22)/t11-/m1/s1. The number of aromatic nitrogens is 4. The second-order valence-electron chi connectivity index (χ2n) is 6.71. The van der Waals surface area contributed by atoms with Gasteiger partial charge in [-0.05, 0) is 43.0 Å². The van der Waals surface area contributed by atoms with Crippen molar-refractivity contribution in [2.45, 2.75) is 37.1 Å². The Labute approximate surface area is 149 Å². The van der Waals surface area contributed by atoms with E-state index in [0.717, 1.165) is 32.2 Å². The molecule has 1 atom stereocenters. The van der Waals surface area contributed by atoms with Crippen LogP contribution in [0.5, 0.6) is 5.75 Å². The van der Waals surface area contributed by atoms with Gasteiger partial charge in [0.1, 0.15) is 5.75 Å². The number of piperidine rings is 1. The van der Waals surface area contributed by atoms with Crippen LogP contribution in [0.15, 0.2) is 18.2 Å². The van der Waals surface area contributed by atoms with E-state index < -0.39 is 5.41 Å². The number of benzene rings is 1. The summed E-state index contributed by atoms with van der Waals surface area (Å²) < 4.78 is 0. The highest BCUT2D eigenvalue weighted by Gasteiger charge is 2.53. The highest BCUT2D eigenvalue weighted by atomic mass is 35.5. The van der Waals surface area contributed by atoms with Crippen molar-refractivity contribution in [1.82, 2.24) is 25.9 Å². The van der Waals surface area contributed by atoms with Gasteiger partial charge >= 0.3 is 0 Å². The van der Waals surface area contributed by atoms with E-state index in [9.17, 15) is 9.90 Å². The number of amides is 1. The van der Waals surface area contributed by atoms with Gasteiger partial charge in [-0.15, -0.1) is 5.10 Å². The summed E-state index contributed by atoms with van der Waals surface area (Å²) >= 11 is 5.90. The van der Waals surface area contributed by atoms with Crippen molar-refractivity contribution in [1.29, 1.82) is 0 Å². The molecule has 1 aromatic carbocycles. The smallest absolute Gasteiger partial charge is 0.265 e. The number of phenols is 1. The highest BCUT2D eigenvalue weighted by molar-refractivity contribution is 6.30. The summed E-state index contributed by atoms with van der Waals surface area (Å²) in [5, 5.41) is 27.8. The van der Waals surface area contributed by atoms with E-state index >= 15 is 0 Å². The number of nitrogens with zero attached hydrogens (tertiary/aromatic N) is 4. The fourth-order valence-electron chi connectivity index (χ4n) is 3.54. The van der Waals surface area contributed by atoms with E-state index in [2.05, 4.69) is 25.9 Å². The Bertz CT molecular complexity index is 777. The van der Waals surface area contributed by atoms with Crippen molar-refractivity contribution in [2.75, 3.05) is 18.0 Å². The first kappa shape index (κ1) is 16.1. The number of rotatable bonds is 4. The van der Waals surface area contributed by atoms with E-state index in [1.807, 2.05) is 4.90 Å². The van der Waals surface area contributed by atoms with Gasteiger partial charge in [0.2, 0.25) is 5.91 Å². The maximum atomic E-state index is 12.9.